The molecule has 0 atom stereocenters. The smallest absolute Gasteiger partial charge is 0.241 e. The SMILES string of the molecule is I.NC(=NCC(=O)NCC1CC1)Nc1cccc(Oc2ccccc2)c1. The van der Waals surface area contributed by atoms with E-state index < -0.39 is 0 Å². The number of carbonyl (C=O) groups is 1. The van der Waals surface area contributed by atoms with Crippen molar-refractivity contribution in [1.29, 1.82) is 0 Å². The number of nitrogens with two attached hydrogens (primary N) is 1. The first kappa shape index (κ1) is 20.0. The summed E-state index contributed by atoms with van der Waals surface area (Å²) in [7, 11) is 0. The van der Waals surface area contributed by atoms with E-state index in [1.807, 2.05) is 54.6 Å². The minimum atomic E-state index is -0.113. The average Bonchev–Trinajstić information content (AvgIpc) is 3.44. The van der Waals surface area contributed by atoms with Gasteiger partial charge in [0.1, 0.15) is 18.0 Å². The Labute approximate surface area is 170 Å². The number of ether oxygens (including phenoxy) is 1. The number of para-hydroxylation sites is 1. The molecule has 1 saturated carbocycles. The molecule has 1 amide bonds. The molecule has 0 heterocycles. The van der Waals surface area contributed by atoms with Gasteiger partial charge in [-0.3, -0.25) is 4.79 Å². The maximum Gasteiger partial charge on any atom is 0.241 e. The molecule has 4 N–H and O–H groups in total. The Balaban J connectivity index is 0.00000243. The number of hydrogen-bond acceptors (Lipinski definition) is 3. The molecule has 7 heteroatoms. The summed E-state index contributed by atoms with van der Waals surface area (Å²) in [6.07, 6.45) is 2.41. The van der Waals surface area contributed by atoms with Crippen LogP contribution in [0.2, 0.25) is 0 Å². The van der Waals surface area contributed by atoms with Gasteiger partial charge in [-0.15, -0.1) is 24.0 Å². The van der Waals surface area contributed by atoms with Gasteiger partial charge in [0.2, 0.25) is 5.91 Å². The van der Waals surface area contributed by atoms with Crippen LogP contribution in [0.1, 0.15) is 12.8 Å². The highest BCUT2D eigenvalue weighted by molar-refractivity contribution is 14.0. The van der Waals surface area contributed by atoms with Gasteiger partial charge in [-0.05, 0) is 43.0 Å². The van der Waals surface area contributed by atoms with Crippen molar-refractivity contribution in [2.75, 3.05) is 18.4 Å². The molecule has 138 valence electrons. The van der Waals surface area contributed by atoms with Gasteiger partial charge in [-0.1, -0.05) is 24.3 Å². The van der Waals surface area contributed by atoms with Crippen LogP contribution in [-0.4, -0.2) is 25.0 Å². The zero-order chi connectivity index (χ0) is 17.5. The largest absolute Gasteiger partial charge is 0.457 e. The third kappa shape index (κ3) is 6.91. The molecule has 26 heavy (non-hydrogen) atoms. The number of carbonyl (C=O) groups excluding carboxylic acids is 1. The zero-order valence-corrected chi connectivity index (χ0v) is 16.7. The predicted molar refractivity (Wildman–Crippen MR) is 114 cm³/mol. The summed E-state index contributed by atoms with van der Waals surface area (Å²) in [5.41, 5.74) is 6.59. The van der Waals surface area contributed by atoms with E-state index in [9.17, 15) is 4.79 Å². The Morgan fingerprint density at radius 1 is 1.12 bits per heavy atom. The fraction of sp³-hybridized carbons (Fsp3) is 0.263. The van der Waals surface area contributed by atoms with Gasteiger partial charge in [-0.25, -0.2) is 4.99 Å². The highest BCUT2D eigenvalue weighted by Gasteiger charge is 2.21. The maximum absolute atomic E-state index is 11.7. The van der Waals surface area contributed by atoms with Gasteiger partial charge in [0.25, 0.3) is 0 Å². The van der Waals surface area contributed by atoms with Gasteiger partial charge in [0.05, 0.1) is 0 Å². The lowest BCUT2D eigenvalue weighted by atomic mass is 10.3. The number of benzene rings is 2. The zero-order valence-electron chi connectivity index (χ0n) is 14.4. The van der Waals surface area contributed by atoms with Crippen LogP contribution in [0.15, 0.2) is 59.6 Å². The summed E-state index contributed by atoms with van der Waals surface area (Å²) in [6.45, 7) is 0.756. The first-order chi connectivity index (χ1) is 12.2. The van der Waals surface area contributed by atoms with Gasteiger partial charge >= 0.3 is 0 Å². The van der Waals surface area contributed by atoms with Crippen molar-refractivity contribution >= 4 is 41.5 Å². The minimum absolute atomic E-state index is 0. The van der Waals surface area contributed by atoms with Crippen molar-refractivity contribution in [3.8, 4) is 11.5 Å². The van der Waals surface area contributed by atoms with E-state index in [4.69, 9.17) is 10.5 Å². The fourth-order valence-electron chi connectivity index (χ4n) is 2.24. The van der Waals surface area contributed by atoms with Crippen LogP contribution in [-0.2, 0) is 4.79 Å². The molecule has 1 aliphatic carbocycles. The summed E-state index contributed by atoms with van der Waals surface area (Å²) in [5, 5.41) is 5.82. The third-order valence-electron chi connectivity index (χ3n) is 3.76. The van der Waals surface area contributed by atoms with Crippen molar-refractivity contribution in [2.45, 2.75) is 12.8 Å². The van der Waals surface area contributed by atoms with Crippen molar-refractivity contribution in [1.82, 2.24) is 5.32 Å². The van der Waals surface area contributed by atoms with E-state index in [0.29, 0.717) is 11.7 Å². The van der Waals surface area contributed by atoms with E-state index in [1.165, 1.54) is 12.8 Å². The molecule has 0 spiro atoms. The van der Waals surface area contributed by atoms with Gasteiger partial charge in [-0.2, -0.15) is 0 Å². The van der Waals surface area contributed by atoms with Crippen molar-refractivity contribution in [2.24, 2.45) is 16.6 Å². The van der Waals surface area contributed by atoms with Crippen LogP contribution >= 0.6 is 24.0 Å². The molecular formula is C19H23IN4O2. The van der Waals surface area contributed by atoms with Crippen LogP contribution in [0, 0.1) is 5.92 Å². The molecule has 0 radical (unpaired) electrons. The molecule has 0 aromatic heterocycles. The second-order valence-electron chi connectivity index (χ2n) is 6.02. The second kappa shape index (κ2) is 10.0. The summed E-state index contributed by atoms with van der Waals surface area (Å²) in [6, 6.07) is 16.9. The van der Waals surface area contributed by atoms with E-state index in [-0.39, 0.29) is 42.4 Å². The molecule has 0 unspecified atom stereocenters. The highest BCUT2D eigenvalue weighted by atomic mass is 127. The predicted octanol–water partition coefficient (Wildman–Crippen LogP) is 3.35. The van der Waals surface area contributed by atoms with Crippen molar-refractivity contribution in [3.63, 3.8) is 0 Å². The lowest BCUT2D eigenvalue weighted by molar-refractivity contribution is -0.119. The molecule has 2 aromatic rings. The second-order valence-corrected chi connectivity index (χ2v) is 6.02. The number of anilines is 1. The first-order valence-electron chi connectivity index (χ1n) is 8.35. The Morgan fingerprint density at radius 3 is 2.58 bits per heavy atom. The van der Waals surface area contributed by atoms with Crippen LogP contribution in [0.4, 0.5) is 5.69 Å². The molecule has 6 nitrogen and oxygen atoms in total. The summed E-state index contributed by atoms with van der Waals surface area (Å²) in [4.78, 5) is 15.7. The van der Waals surface area contributed by atoms with Crippen molar-refractivity contribution < 1.29 is 9.53 Å². The standard InChI is InChI=1S/C19H22N4O2.HI/c20-19(22-13-18(24)21-12-14-9-10-14)23-15-5-4-8-17(11-15)25-16-6-2-1-3-7-16;/h1-8,11,14H,9-10,12-13H2,(H,21,24)(H3,20,22,23);1H. The molecule has 1 fully saturated rings. The Hall–Kier alpha value is -2.29. The molecule has 0 aliphatic heterocycles. The molecule has 0 saturated heterocycles. The van der Waals surface area contributed by atoms with Gasteiger partial charge < -0.3 is 21.1 Å². The maximum atomic E-state index is 11.7. The number of nitrogens with one attached hydrogen (secondary N) is 2. The van der Waals surface area contributed by atoms with Crippen LogP contribution in [0.25, 0.3) is 0 Å². The number of aliphatic imine (C=N–C) groups is 1. The van der Waals surface area contributed by atoms with Crippen LogP contribution < -0.4 is 21.1 Å². The number of nitrogens with zero attached hydrogens (tertiary/aromatic N) is 1. The molecular weight excluding hydrogens is 443 g/mol. The Kier molecular flexibility index (Phi) is 7.71. The van der Waals surface area contributed by atoms with Crippen molar-refractivity contribution in [3.05, 3.63) is 54.6 Å². The van der Waals surface area contributed by atoms with Gasteiger partial charge in [0.15, 0.2) is 5.96 Å². The molecule has 0 bridgehead atoms. The van der Waals surface area contributed by atoms with E-state index in [1.54, 1.807) is 0 Å². The first-order valence-corrected chi connectivity index (χ1v) is 8.35. The summed E-state index contributed by atoms with van der Waals surface area (Å²) in [5.74, 6) is 2.17. The quantitative estimate of drug-likeness (QED) is 0.332. The fourth-order valence-corrected chi connectivity index (χ4v) is 2.24. The minimum Gasteiger partial charge on any atom is -0.457 e. The van der Waals surface area contributed by atoms with E-state index in [0.717, 1.165) is 18.0 Å². The Morgan fingerprint density at radius 2 is 1.85 bits per heavy atom. The van der Waals surface area contributed by atoms with Gasteiger partial charge in [0, 0.05) is 18.3 Å². The molecule has 2 aromatic carbocycles. The third-order valence-corrected chi connectivity index (χ3v) is 3.76. The molecule has 3 rings (SSSR count). The summed E-state index contributed by atoms with van der Waals surface area (Å²) < 4.78 is 5.77. The van der Waals surface area contributed by atoms with Crippen LogP contribution in [0.3, 0.4) is 0 Å². The topological polar surface area (TPSA) is 88.7 Å². The van der Waals surface area contributed by atoms with E-state index >= 15 is 0 Å². The Bertz CT molecular complexity index is 748. The number of hydrogen-bond donors (Lipinski definition) is 3. The van der Waals surface area contributed by atoms with Crippen LogP contribution in [0.5, 0.6) is 11.5 Å². The lowest BCUT2D eigenvalue weighted by Crippen LogP contribution is -2.30. The van der Waals surface area contributed by atoms with E-state index in [2.05, 4.69) is 15.6 Å². The number of halogens is 1. The number of amides is 1. The summed E-state index contributed by atoms with van der Waals surface area (Å²) >= 11 is 0. The highest BCUT2D eigenvalue weighted by Crippen LogP contribution is 2.27. The lowest BCUT2D eigenvalue weighted by Gasteiger charge is -2.09. The number of rotatable bonds is 7. The monoisotopic (exact) mass is 466 g/mol. The molecule has 1 aliphatic rings. The number of guanidine groups is 1. The average molecular weight is 466 g/mol. The normalized spacial score (nSPS) is 13.5.